The number of nitrogens with one attached hydrogen (secondary N) is 1. The Hall–Kier alpha value is -3.70. The number of hydrogen-bond donors (Lipinski definition) is 1. The SMILES string of the molecule is Cc1cc(Cl)ccc1-c1ccc(C(=O)N[C@H]2CCc3c(C)ccc(-c4ccc(N(C)C)nc4)c3C2)nc1. The van der Waals surface area contributed by atoms with E-state index in [4.69, 9.17) is 11.6 Å². The number of fused-ring (bicyclic) bond motifs is 1. The lowest BCUT2D eigenvalue weighted by atomic mass is 9.81. The van der Waals surface area contributed by atoms with Crippen LogP contribution >= 0.6 is 11.6 Å². The minimum atomic E-state index is -0.140. The summed E-state index contributed by atoms with van der Waals surface area (Å²) in [5.74, 6) is 0.790. The van der Waals surface area contributed by atoms with Crippen molar-refractivity contribution in [3.63, 3.8) is 0 Å². The number of nitrogens with zero attached hydrogens (tertiary/aromatic N) is 3. The summed E-state index contributed by atoms with van der Waals surface area (Å²) >= 11 is 6.09. The maximum Gasteiger partial charge on any atom is 0.270 e. The van der Waals surface area contributed by atoms with Crippen LogP contribution < -0.4 is 10.2 Å². The molecule has 0 fully saturated rings. The van der Waals surface area contributed by atoms with Crippen molar-refractivity contribution in [2.75, 3.05) is 19.0 Å². The Bertz CT molecular complexity index is 1450. The van der Waals surface area contributed by atoms with Crippen LogP contribution in [0.5, 0.6) is 0 Å². The van der Waals surface area contributed by atoms with E-state index in [9.17, 15) is 4.79 Å². The molecular formula is C31H31ClN4O. The maximum absolute atomic E-state index is 13.1. The van der Waals surface area contributed by atoms with Crippen molar-refractivity contribution in [1.29, 1.82) is 0 Å². The first kappa shape index (κ1) is 25.0. The fourth-order valence-corrected chi connectivity index (χ4v) is 5.39. The second kappa shape index (κ2) is 10.3. The summed E-state index contributed by atoms with van der Waals surface area (Å²) in [6.07, 6.45) is 6.33. The molecule has 5 rings (SSSR count). The van der Waals surface area contributed by atoms with Crippen LogP contribution in [0.4, 0.5) is 5.82 Å². The van der Waals surface area contributed by atoms with E-state index in [1.807, 2.05) is 62.4 Å². The van der Waals surface area contributed by atoms with Crippen molar-refractivity contribution in [2.45, 2.75) is 39.2 Å². The number of aryl methyl sites for hydroxylation is 2. The number of carbonyl (C=O) groups is 1. The Morgan fingerprint density at radius 1 is 0.892 bits per heavy atom. The van der Waals surface area contributed by atoms with Crippen LogP contribution in [0.1, 0.15) is 39.2 Å². The molecule has 0 aliphatic heterocycles. The summed E-state index contributed by atoms with van der Waals surface area (Å²) in [7, 11) is 3.98. The number of amides is 1. The Morgan fingerprint density at radius 3 is 2.30 bits per heavy atom. The third kappa shape index (κ3) is 5.23. The zero-order valence-electron chi connectivity index (χ0n) is 21.7. The molecule has 0 spiro atoms. The van der Waals surface area contributed by atoms with Gasteiger partial charge in [-0.05, 0) is 96.8 Å². The molecule has 1 atom stereocenters. The monoisotopic (exact) mass is 510 g/mol. The Balaban J connectivity index is 1.34. The van der Waals surface area contributed by atoms with Gasteiger partial charge in [0.25, 0.3) is 5.91 Å². The Kier molecular flexibility index (Phi) is 6.98. The molecule has 37 heavy (non-hydrogen) atoms. The summed E-state index contributed by atoms with van der Waals surface area (Å²) in [4.78, 5) is 24.2. The first-order valence-electron chi connectivity index (χ1n) is 12.6. The highest BCUT2D eigenvalue weighted by atomic mass is 35.5. The summed E-state index contributed by atoms with van der Waals surface area (Å²) in [5, 5.41) is 3.94. The quantitative estimate of drug-likeness (QED) is 0.336. The summed E-state index contributed by atoms with van der Waals surface area (Å²) < 4.78 is 0. The molecule has 0 unspecified atom stereocenters. The molecule has 5 nitrogen and oxygen atoms in total. The van der Waals surface area contributed by atoms with Crippen LogP contribution in [0.2, 0.25) is 5.02 Å². The van der Waals surface area contributed by atoms with Gasteiger partial charge < -0.3 is 10.2 Å². The molecule has 1 amide bonds. The molecule has 6 heteroatoms. The molecule has 0 bridgehead atoms. The normalized spacial score (nSPS) is 14.7. The summed E-state index contributed by atoms with van der Waals surface area (Å²) in [6, 6.07) is 18.1. The van der Waals surface area contributed by atoms with Crippen LogP contribution in [0.25, 0.3) is 22.3 Å². The van der Waals surface area contributed by atoms with Crippen molar-refractivity contribution in [3.8, 4) is 22.3 Å². The third-order valence-electron chi connectivity index (χ3n) is 7.21. The first-order valence-corrected chi connectivity index (χ1v) is 13.0. The molecule has 2 heterocycles. The van der Waals surface area contributed by atoms with Gasteiger partial charge in [0, 0.05) is 48.7 Å². The van der Waals surface area contributed by atoms with E-state index in [1.165, 1.54) is 22.3 Å². The number of hydrogen-bond acceptors (Lipinski definition) is 4. The van der Waals surface area contributed by atoms with E-state index in [0.717, 1.165) is 47.3 Å². The van der Waals surface area contributed by atoms with Crippen molar-refractivity contribution in [1.82, 2.24) is 15.3 Å². The smallest absolute Gasteiger partial charge is 0.270 e. The van der Waals surface area contributed by atoms with Gasteiger partial charge in [-0.3, -0.25) is 9.78 Å². The van der Waals surface area contributed by atoms with Crippen LogP contribution in [-0.2, 0) is 12.8 Å². The highest BCUT2D eigenvalue weighted by Crippen LogP contribution is 2.34. The highest BCUT2D eigenvalue weighted by molar-refractivity contribution is 6.30. The number of anilines is 1. The number of carbonyl (C=O) groups excluding carboxylic acids is 1. The molecule has 0 radical (unpaired) electrons. The molecule has 1 aliphatic rings. The topological polar surface area (TPSA) is 58.1 Å². The third-order valence-corrected chi connectivity index (χ3v) is 7.44. The van der Waals surface area contributed by atoms with Gasteiger partial charge in [0.15, 0.2) is 0 Å². The van der Waals surface area contributed by atoms with Gasteiger partial charge in [-0.25, -0.2) is 4.98 Å². The fraction of sp³-hybridized carbons (Fsp3) is 0.258. The first-order chi connectivity index (χ1) is 17.8. The highest BCUT2D eigenvalue weighted by Gasteiger charge is 2.25. The number of benzene rings is 2. The van der Waals surface area contributed by atoms with Crippen LogP contribution in [0.3, 0.4) is 0 Å². The van der Waals surface area contributed by atoms with E-state index >= 15 is 0 Å². The van der Waals surface area contributed by atoms with E-state index in [2.05, 4.69) is 40.4 Å². The standard InChI is InChI=1S/C31H31ClN4O/c1-19-5-10-27(22-7-14-30(34-18-22)36(3)4)28-16-24(9-12-26(19)28)35-31(37)29-13-6-21(17-33-29)25-11-8-23(32)15-20(25)2/h5-8,10-11,13-15,17-18,24H,9,12,16H2,1-4H3,(H,35,37)/t24-/m0/s1. The maximum atomic E-state index is 13.1. The van der Waals surface area contributed by atoms with Gasteiger partial charge in [-0.15, -0.1) is 0 Å². The molecule has 0 saturated carbocycles. The van der Waals surface area contributed by atoms with E-state index in [1.54, 1.807) is 12.3 Å². The zero-order chi connectivity index (χ0) is 26.1. The molecule has 0 saturated heterocycles. The van der Waals surface area contributed by atoms with Crippen LogP contribution in [0.15, 0.2) is 67.0 Å². The predicted octanol–water partition coefficient (Wildman–Crippen LogP) is 6.43. The van der Waals surface area contributed by atoms with Crippen molar-refractivity contribution < 1.29 is 4.79 Å². The Morgan fingerprint density at radius 2 is 1.62 bits per heavy atom. The minimum absolute atomic E-state index is 0.0505. The van der Waals surface area contributed by atoms with Crippen LogP contribution in [-0.4, -0.2) is 36.0 Å². The average molecular weight is 511 g/mol. The van der Waals surface area contributed by atoms with Crippen molar-refractivity contribution >= 4 is 23.3 Å². The van der Waals surface area contributed by atoms with E-state index in [-0.39, 0.29) is 11.9 Å². The summed E-state index contributed by atoms with van der Waals surface area (Å²) in [5.41, 5.74) is 9.81. The molecule has 188 valence electrons. The van der Waals surface area contributed by atoms with E-state index in [0.29, 0.717) is 10.7 Å². The lowest BCUT2D eigenvalue weighted by molar-refractivity contribution is 0.0928. The number of aromatic nitrogens is 2. The molecule has 2 aromatic heterocycles. The summed E-state index contributed by atoms with van der Waals surface area (Å²) in [6.45, 7) is 4.19. The van der Waals surface area contributed by atoms with Gasteiger partial charge in [-0.1, -0.05) is 35.9 Å². The van der Waals surface area contributed by atoms with Gasteiger partial charge in [0.05, 0.1) is 0 Å². The van der Waals surface area contributed by atoms with E-state index < -0.39 is 0 Å². The number of rotatable bonds is 5. The van der Waals surface area contributed by atoms with Crippen molar-refractivity contribution in [3.05, 3.63) is 100.0 Å². The lowest BCUT2D eigenvalue weighted by Gasteiger charge is -2.29. The zero-order valence-corrected chi connectivity index (χ0v) is 22.4. The van der Waals surface area contributed by atoms with Crippen molar-refractivity contribution in [2.24, 2.45) is 0 Å². The lowest BCUT2D eigenvalue weighted by Crippen LogP contribution is -2.39. The number of pyridine rings is 2. The Labute approximate surface area is 223 Å². The molecule has 2 aromatic carbocycles. The van der Waals surface area contributed by atoms with Gasteiger partial charge in [0.2, 0.25) is 0 Å². The second-order valence-electron chi connectivity index (χ2n) is 9.99. The van der Waals surface area contributed by atoms with Crippen LogP contribution in [0, 0.1) is 13.8 Å². The second-order valence-corrected chi connectivity index (χ2v) is 10.4. The predicted molar refractivity (Wildman–Crippen MR) is 151 cm³/mol. The molecule has 1 aliphatic carbocycles. The molecular weight excluding hydrogens is 480 g/mol. The molecule has 4 aromatic rings. The van der Waals surface area contributed by atoms with Gasteiger partial charge >= 0.3 is 0 Å². The van der Waals surface area contributed by atoms with Gasteiger partial charge in [0.1, 0.15) is 11.5 Å². The average Bonchev–Trinajstić information content (AvgIpc) is 2.89. The molecule has 1 N–H and O–H groups in total. The minimum Gasteiger partial charge on any atom is -0.363 e. The van der Waals surface area contributed by atoms with Gasteiger partial charge in [-0.2, -0.15) is 0 Å². The fourth-order valence-electron chi connectivity index (χ4n) is 5.16. The number of halogens is 1. The largest absolute Gasteiger partial charge is 0.363 e.